The van der Waals surface area contributed by atoms with E-state index in [1.54, 1.807) is 22.0 Å². The summed E-state index contributed by atoms with van der Waals surface area (Å²) in [7, 11) is 0. The summed E-state index contributed by atoms with van der Waals surface area (Å²) < 4.78 is 16.5. The SMILES string of the molecule is Cc1cc(Br)c(F)cc1-n1c(-c2cccs2)n[nH]c1=S. The van der Waals surface area contributed by atoms with Crippen LogP contribution >= 0.6 is 39.5 Å². The second-order valence-electron chi connectivity index (χ2n) is 4.22. The normalized spacial score (nSPS) is 10.9. The Labute approximate surface area is 132 Å². The van der Waals surface area contributed by atoms with Crippen LogP contribution in [0.3, 0.4) is 0 Å². The molecule has 20 heavy (non-hydrogen) atoms. The molecule has 3 aromatic rings. The van der Waals surface area contributed by atoms with Crippen LogP contribution in [0.5, 0.6) is 0 Å². The fourth-order valence-corrected chi connectivity index (χ4v) is 3.36. The third-order valence-electron chi connectivity index (χ3n) is 2.89. The molecular weight excluding hydrogens is 361 g/mol. The van der Waals surface area contributed by atoms with E-state index in [9.17, 15) is 4.39 Å². The van der Waals surface area contributed by atoms with E-state index in [2.05, 4.69) is 26.1 Å². The fraction of sp³-hybridized carbons (Fsp3) is 0.0769. The number of nitrogens with one attached hydrogen (secondary N) is 1. The Morgan fingerprint density at radius 2 is 2.25 bits per heavy atom. The molecule has 0 saturated carbocycles. The smallest absolute Gasteiger partial charge is 0.200 e. The summed E-state index contributed by atoms with van der Waals surface area (Å²) in [6.45, 7) is 1.91. The lowest BCUT2D eigenvalue weighted by Gasteiger charge is -2.10. The second-order valence-corrected chi connectivity index (χ2v) is 6.41. The van der Waals surface area contributed by atoms with Crippen LogP contribution in [0.1, 0.15) is 5.56 Å². The number of rotatable bonds is 2. The van der Waals surface area contributed by atoms with Crippen LogP contribution in [0, 0.1) is 17.5 Å². The maximum atomic E-state index is 13.8. The van der Waals surface area contributed by atoms with Gasteiger partial charge >= 0.3 is 0 Å². The van der Waals surface area contributed by atoms with Gasteiger partial charge < -0.3 is 0 Å². The van der Waals surface area contributed by atoms with Gasteiger partial charge in [0.1, 0.15) is 5.82 Å². The lowest BCUT2D eigenvalue weighted by atomic mass is 10.2. The Morgan fingerprint density at radius 1 is 1.45 bits per heavy atom. The van der Waals surface area contributed by atoms with Gasteiger partial charge in [0.05, 0.1) is 15.0 Å². The zero-order chi connectivity index (χ0) is 14.3. The standard InChI is InChI=1S/C13H9BrFN3S2/c1-7-5-8(14)9(15)6-10(7)18-12(16-17-13(18)19)11-3-2-4-20-11/h2-6H,1H3,(H,17,19). The molecule has 0 aliphatic heterocycles. The first kappa shape index (κ1) is 13.7. The zero-order valence-corrected chi connectivity index (χ0v) is 13.6. The lowest BCUT2D eigenvalue weighted by Crippen LogP contribution is -2.01. The first-order valence-corrected chi connectivity index (χ1v) is 7.83. The van der Waals surface area contributed by atoms with E-state index < -0.39 is 0 Å². The molecular formula is C13H9BrFN3S2. The van der Waals surface area contributed by atoms with Gasteiger partial charge in [0.25, 0.3) is 0 Å². The first-order valence-electron chi connectivity index (χ1n) is 5.75. The molecule has 1 N–H and O–H groups in total. The number of thiophene rings is 1. The predicted molar refractivity (Wildman–Crippen MR) is 84.5 cm³/mol. The molecule has 0 unspecified atom stereocenters. The van der Waals surface area contributed by atoms with Crippen LogP contribution in [0.15, 0.2) is 34.1 Å². The number of nitrogens with zero attached hydrogens (tertiary/aromatic N) is 2. The van der Waals surface area contributed by atoms with Crippen molar-refractivity contribution in [3.8, 4) is 16.4 Å². The number of halogens is 2. The van der Waals surface area contributed by atoms with Gasteiger partial charge in [-0.15, -0.1) is 11.3 Å². The topological polar surface area (TPSA) is 33.6 Å². The molecule has 0 spiro atoms. The highest BCUT2D eigenvalue weighted by Crippen LogP contribution is 2.29. The average molecular weight is 370 g/mol. The van der Waals surface area contributed by atoms with Crippen molar-refractivity contribution in [2.75, 3.05) is 0 Å². The van der Waals surface area contributed by atoms with Gasteiger partial charge in [-0.1, -0.05) is 6.07 Å². The van der Waals surface area contributed by atoms with Crippen molar-refractivity contribution in [1.82, 2.24) is 14.8 Å². The number of hydrogen-bond donors (Lipinski definition) is 1. The summed E-state index contributed by atoms with van der Waals surface area (Å²) in [5, 5.41) is 8.99. The Balaban J connectivity index is 2.28. The monoisotopic (exact) mass is 369 g/mol. The lowest BCUT2D eigenvalue weighted by molar-refractivity contribution is 0.619. The van der Waals surface area contributed by atoms with Crippen molar-refractivity contribution in [1.29, 1.82) is 0 Å². The van der Waals surface area contributed by atoms with Crippen LogP contribution < -0.4 is 0 Å². The summed E-state index contributed by atoms with van der Waals surface area (Å²) >= 11 is 10.0. The Bertz CT molecular complexity index is 821. The van der Waals surface area contributed by atoms with E-state index >= 15 is 0 Å². The van der Waals surface area contributed by atoms with Gasteiger partial charge in [-0.25, -0.2) is 4.39 Å². The molecule has 0 radical (unpaired) electrons. The maximum Gasteiger partial charge on any atom is 0.200 e. The van der Waals surface area contributed by atoms with Gasteiger partial charge in [-0.05, 0) is 64.2 Å². The summed E-state index contributed by atoms with van der Waals surface area (Å²) in [5.41, 5.74) is 1.60. The Hall–Kier alpha value is -1.31. The van der Waals surface area contributed by atoms with Gasteiger partial charge in [-0.2, -0.15) is 5.10 Å². The zero-order valence-electron chi connectivity index (χ0n) is 10.4. The van der Waals surface area contributed by atoms with Crippen LogP contribution in [0.2, 0.25) is 0 Å². The van der Waals surface area contributed by atoms with E-state index in [4.69, 9.17) is 12.2 Å². The number of hydrogen-bond acceptors (Lipinski definition) is 3. The summed E-state index contributed by atoms with van der Waals surface area (Å²) in [5.74, 6) is 0.362. The number of aromatic amines is 1. The van der Waals surface area contributed by atoms with Crippen molar-refractivity contribution in [2.45, 2.75) is 6.92 Å². The molecule has 0 saturated heterocycles. The third kappa shape index (κ3) is 2.25. The molecule has 7 heteroatoms. The van der Waals surface area contributed by atoms with Gasteiger partial charge in [0.2, 0.25) is 0 Å². The number of benzene rings is 1. The number of H-pyrrole nitrogens is 1. The van der Waals surface area contributed by atoms with Crippen LogP contribution in [0.25, 0.3) is 16.4 Å². The molecule has 0 aliphatic rings. The minimum atomic E-state index is -0.328. The highest BCUT2D eigenvalue weighted by Gasteiger charge is 2.15. The molecule has 0 atom stereocenters. The quantitative estimate of drug-likeness (QED) is 0.653. The Morgan fingerprint density at radius 3 is 2.95 bits per heavy atom. The molecule has 1 aromatic carbocycles. The molecule has 3 rings (SSSR count). The van der Waals surface area contributed by atoms with Crippen molar-refractivity contribution < 1.29 is 4.39 Å². The predicted octanol–water partition coefficient (Wildman–Crippen LogP) is 4.87. The van der Waals surface area contributed by atoms with Crippen molar-refractivity contribution in [3.63, 3.8) is 0 Å². The molecule has 0 amide bonds. The van der Waals surface area contributed by atoms with Crippen molar-refractivity contribution in [3.05, 3.63) is 50.3 Å². The molecule has 2 heterocycles. The fourth-order valence-electron chi connectivity index (χ4n) is 1.97. The largest absolute Gasteiger partial charge is 0.267 e. The summed E-state index contributed by atoms with van der Waals surface area (Å²) in [6.07, 6.45) is 0. The summed E-state index contributed by atoms with van der Waals surface area (Å²) in [4.78, 5) is 0.972. The number of aromatic nitrogens is 3. The van der Waals surface area contributed by atoms with Gasteiger partial charge in [-0.3, -0.25) is 9.67 Å². The highest BCUT2D eigenvalue weighted by molar-refractivity contribution is 9.10. The average Bonchev–Trinajstić information content (AvgIpc) is 3.03. The minimum Gasteiger partial charge on any atom is -0.267 e. The minimum absolute atomic E-state index is 0.328. The molecule has 0 aliphatic carbocycles. The van der Waals surface area contributed by atoms with E-state index in [1.165, 1.54) is 6.07 Å². The second kappa shape index (κ2) is 5.23. The maximum absolute atomic E-state index is 13.8. The van der Waals surface area contributed by atoms with E-state index in [-0.39, 0.29) is 5.82 Å². The van der Waals surface area contributed by atoms with Crippen LogP contribution in [-0.4, -0.2) is 14.8 Å². The summed E-state index contributed by atoms with van der Waals surface area (Å²) in [6, 6.07) is 7.09. The molecule has 2 aromatic heterocycles. The third-order valence-corrected chi connectivity index (χ3v) is 4.64. The van der Waals surface area contributed by atoms with Crippen LogP contribution in [-0.2, 0) is 0 Å². The van der Waals surface area contributed by atoms with E-state index in [0.717, 1.165) is 10.4 Å². The number of aryl methyl sites for hydroxylation is 1. The Kier molecular flexibility index (Phi) is 3.57. The highest BCUT2D eigenvalue weighted by atomic mass is 79.9. The first-order chi connectivity index (χ1) is 9.58. The molecule has 0 bridgehead atoms. The van der Waals surface area contributed by atoms with E-state index in [0.29, 0.717) is 20.8 Å². The van der Waals surface area contributed by atoms with E-state index in [1.807, 2.05) is 24.4 Å². The van der Waals surface area contributed by atoms with Crippen molar-refractivity contribution in [2.24, 2.45) is 0 Å². The van der Waals surface area contributed by atoms with Crippen LogP contribution in [0.4, 0.5) is 4.39 Å². The van der Waals surface area contributed by atoms with Crippen molar-refractivity contribution >= 4 is 39.5 Å². The molecule has 3 nitrogen and oxygen atoms in total. The molecule has 102 valence electrons. The van der Waals surface area contributed by atoms with Gasteiger partial charge in [0, 0.05) is 0 Å². The van der Waals surface area contributed by atoms with Gasteiger partial charge in [0.15, 0.2) is 10.6 Å². The molecule has 0 fully saturated rings.